The van der Waals surface area contributed by atoms with Crippen molar-refractivity contribution in [2.45, 2.75) is 52.0 Å². The second kappa shape index (κ2) is 9.25. The highest BCUT2D eigenvalue weighted by Gasteiger charge is 2.58. The zero-order valence-electron chi connectivity index (χ0n) is 15.1. The van der Waals surface area contributed by atoms with Crippen LogP contribution in [0.3, 0.4) is 0 Å². The lowest BCUT2D eigenvalue weighted by molar-refractivity contribution is -0.134. The summed E-state index contributed by atoms with van der Waals surface area (Å²) in [6.45, 7) is 5.93. The van der Waals surface area contributed by atoms with Gasteiger partial charge in [-0.05, 0) is 61.9 Å². The Labute approximate surface area is 162 Å². The fraction of sp³-hybridized carbons (Fsp3) is 0.650. The average molecular weight is 385 g/mol. The number of carbonyl (C=O) groups is 1. The molecule has 1 heterocycles. The number of hydrogen-bond acceptors (Lipinski definition) is 2. The van der Waals surface area contributed by atoms with E-state index in [9.17, 15) is 4.79 Å². The predicted octanol–water partition coefficient (Wildman–Crippen LogP) is 4.67. The molecule has 1 atom stereocenters. The Morgan fingerprint density at radius 2 is 1.92 bits per heavy atom. The summed E-state index contributed by atoms with van der Waals surface area (Å²) in [6, 6.07) is 7.90. The Kier molecular flexibility index (Phi) is 7.60. The number of rotatable bonds is 7. The third-order valence-corrected chi connectivity index (χ3v) is 5.97. The van der Waals surface area contributed by atoms with Crippen LogP contribution in [0.2, 0.25) is 5.02 Å². The number of carbonyl (C=O) groups excluding carboxylic acids is 1. The van der Waals surface area contributed by atoms with Crippen molar-refractivity contribution in [2.75, 3.05) is 19.6 Å². The van der Waals surface area contributed by atoms with Crippen LogP contribution in [-0.2, 0) is 11.3 Å². The van der Waals surface area contributed by atoms with E-state index in [4.69, 9.17) is 11.6 Å². The first-order chi connectivity index (χ1) is 11.6. The monoisotopic (exact) mass is 384 g/mol. The summed E-state index contributed by atoms with van der Waals surface area (Å²) >= 11 is 5.98. The minimum absolute atomic E-state index is 0. The van der Waals surface area contributed by atoms with Crippen LogP contribution in [0.25, 0.3) is 0 Å². The van der Waals surface area contributed by atoms with Crippen LogP contribution in [-0.4, -0.2) is 30.4 Å². The molecule has 140 valence electrons. The molecule has 1 N–H and O–H groups in total. The second-order valence-electron chi connectivity index (χ2n) is 7.46. The average Bonchev–Trinajstić information content (AvgIpc) is 3.29. The number of nitrogens with zero attached hydrogens (tertiary/aromatic N) is 1. The van der Waals surface area contributed by atoms with Gasteiger partial charge in [-0.15, -0.1) is 12.4 Å². The van der Waals surface area contributed by atoms with Crippen LogP contribution in [0, 0.1) is 11.3 Å². The molecule has 0 aromatic heterocycles. The van der Waals surface area contributed by atoms with Crippen molar-refractivity contribution >= 4 is 29.9 Å². The molecular formula is C20H30Cl2N2O. The van der Waals surface area contributed by atoms with Crippen molar-refractivity contribution in [3.05, 3.63) is 34.9 Å². The maximum atomic E-state index is 13.1. The first-order valence-corrected chi connectivity index (χ1v) is 9.76. The van der Waals surface area contributed by atoms with E-state index in [0.717, 1.165) is 50.3 Å². The van der Waals surface area contributed by atoms with Crippen molar-refractivity contribution in [2.24, 2.45) is 11.3 Å². The molecule has 0 bridgehead atoms. The van der Waals surface area contributed by atoms with Crippen molar-refractivity contribution in [1.29, 1.82) is 0 Å². The first-order valence-electron chi connectivity index (χ1n) is 9.38. The van der Waals surface area contributed by atoms with E-state index < -0.39 is 0 Å². The van der Waals surface area contributed by atoms with Gasteiger partial charge in [-0.1, -0.05) is 43.5 Å². The number of unbranched alkanes of at least 4 members (excludes halogenated alkanes) is 2. The van der Waals surface area contributed by atoms with Gasteiger partial charge >= 0.3 is 0 Å². The largest absolute Gasteiger partial charge is 0.338 e. The fourth-order valence-corrected chi connectivity index (χ4v) is 4.15. The van der Waals surface area contributed by atoms with E-state index in [1.807, 2.05) is 24.3 Å². The van der Waals surface area contributed by atoms with Gasteiger partial charge in [0.25, 0.3) is 0 Å². The number of amides is 1. The lowest BCUT2D eigenvalue weighted by Crippen LogP contribution is -2.36. The summed E-state index contributed by atoms with van der Waals surface area (Å²) in [6.07, 6.45) is 6.88. The number of nitrogens with one attached hydrogen (secondary N) is 1. The van der Waals surface area contributed by atoms with Crippen LogP contribution in [0.1, 0.15) is 51.0 Å². The Bertz CT molecular complexity index is 555. The maximum Gasteiger partial charge on any atom is 0.226 e. The highest BCUT2D eigenvalue weighted by atomic mass is 35.5. The predicted molar refractivity (Wildman–Crippen MR) is 106 cm³/mol. The minimum Gasteiger partial charge on any atom is -0.338 e. The molecule has 1 spiro atoms. The molecule has 3 rings (SSSR count). The van der Waals surface area contributed by atoms with Gasteiger partial charge in [-0.25, -0.2) is 0 Å². The molecule has 1 saturated heterocycles. The molecule has 1 amide bonds. The van der Waals surface area contributed by atoms with Crippen molar-refractivity contribution in [1.82, 2.24) is 10.2 Å². The molecule has 25 heavy (non-hydrogen) atoms. The van der Waals surface area contributed by atoms with E-state index in [1.54, 1.807) is 0 Å². The Morgan fingerprint density at radius 3 is 2.56 bits per heavy atom. The van der Waals surface area contributed by atoms with Gasteiger partial charge in [0.05, 0.1) is 0 Å². The molecule has 2 fully saturated rings. The Morgan fingerprint density at radius 1 is 1.24 bits per heavy atom. The van der Waals surface area contributed by atoms with Crippen LogP contribution < -0.4 is 5.32 Å². The van der Waals surface area contributed by atoms with E-state index in [0.29, 0.717) is 17.9 Å². The molecular weight excluding hydrogens is 355 g/mol. The van der Waals surface area contributed by atoms with Gasteiger partial charge < -0.3 is 10.2 Å². The molecule has 3 nitrogen and oxygen atoms in total. The van der Waals surface area contributed by atoms with E-state index in [-0.39, 0.29) is 18.3 Å². The van der Waals surface area contributed by atoms with E-state index in [2.05, 4.69) is 17.1 Å². The topological polar surface area (TPSA) is 32.3 Å². The summed E-state index contributed by atoms with van der Waals surface area (Å²) in [5.74, 6) is 0.636. The van der Waals surface area contributed by atoms with Gasteiger partial charge in [-0.3, -0.25) is 4.79 Å². The zero-order chi connectivity index (χ0) is 17.0. The van der Waals surface area contributed by atoms with Gasteiger partial charge in [0.15, 0.2) is 0 Å². The lowest BCUT2D eigenvalue weighted by atomic mass is 9.91. The number of halogens is 2. The molecule has 1 aliphatic carbocycles. The summed E-state index contributed by atoms with van der Waals surface area (Å²) in [5.41, 5.74) is 1.48. The molecule has 2 aliphatic rings. The van der Waals surface area contributed by atoms with Crippen molar-refractivity contribution < 1.29 is 4.79 Å². The standard InChI is InChI=1S/C20H29ClN2O.ClH/c1-2-3-4-13-23(15-16-5-7-17(21)8-6-16)19(24)18-14-20(18)9-11-22-12-10-20;/h5-8,18,22H,2-4,9-15H2,1H3;1H. The quantitative estimate of drug-likeness (QED) is 0.692. The minimum atomic E-state index is 0. The van der Waals surface area contributed by atoms with Crippen LogP contribution in [0.5, 0.6) is 0 Å². The summed E-state index contributed by atoms with van der Waals surface area (Å²) in [5, 5.41) is 4.17. The molecule has 1 unspecified atom stereocenters. The van der Waals surface area contributed by atoms with Crippen LogP contribution in [0.4, 0.5) is 0 Å². The zero-order valence-corrected chi connectivity index (χ0v) is 16.7. The highest BCUT2D eigenvalue weighted by Crippen LogP contribution is 2.59. The number of benzene rings is 1. The van der Waals surface area contributed by atoms with E-state index in [1.165, 1.54) is 18.4 Å². The molecule has 0 radical (unpaired) electrons. The third kappa shape index (κ3) is 5.12. The van der Waals surface area contributed by atoms with Crippen molar-refractivity contribution in [3.8, 4) is 0 Å². The third-order valence-electron chi connectivity index (χ3n) is 5.72. The molecule has 1 aliphatic heterocycles. The molecule has 1 saturated carbocycles. The van der Waals surface area contributed by atoms with E-state index >= 15 is 0 Å². The molecule has 1 aromatic carbocycles. The Hall–Kier alpha value is -0.770. The smallest absolute Gasteiger partial charge is 0.226 e. The van der Waals surface area contributed by atoms with Gasteiger partial charge in [0, 0.05) is 24.0 Å². The normalized spacial score (nSPS) is 20.8. The lowest BCUT2D eigenvalue weighted by Gasteiger charge is -2.27. The summed E-state index contributed by atoms with van der Waals surface area (Å²) < 4.78 is 0. The van der Waals surface area contributed by atoms with Gasteiger partial charge in [0.2, 0.25) is 5.91 Å². The van der Waals surface area contributed by atoms with Crippen LogP contribution in [0.15, 0.2) is 24.3 Å². The second-order valence-corrected chi connectivity index (χ2v) is 7.90. The van der Waals surface area contributed by atoms with Crippen molar-refractivity contribution in [3.63, 3.8) is 0 Å². The first kappa shape index (κ1) is 20.5. The molecule has 1 aromatic rings. The Balaban J connectivity index is 0.00000225. The summed E-state index contributed by atoms with van der Waals surface area (Å²) in [7, 11) is 0. The van der Waals surface area contributed by atoms with Gasteiger partial charge in [-0.2, -0.15) is 0 Å². The molecule has 5 heteroatoms. The van der Waals surface area contributed by atoms with Gasteiger partial charge in [0.1, 0.15) is 0 Å². The summed E-state index contributed by atoms with van der Waals surface area (Å²) in [4.78, 5) is 15.2. The highest BCUT2D eigenvalue weighted by molar-refractivity contribution is 6.30. The maximum absolute atomic E-state index is 13.1. The fourth-order valence-electron chi connectivity index (χ4n) is 4.02. The SMILES string of the molecule is CCCCCN(Cc1ccc(Cl)cc1)C(=O)C1CC12CCNCC2.Cl. The van der Waals surface area contributed by atoms with Crippen LogP contribution >= 0.6 is 24.0 Å². The number of piperidine rings is 1. The number of hydrogen-bond donors (Lipinski definition) is 1.